The predicted molar refractivity (Wildman–Crippen MR) is 92.8 cm³/mol. The SMILES string of the molecule is CCOC(=O)c1sc2cccc(F)c2c1CN(C)CC(=O)N(C)C. The summed E-state index contributed by atoms with van der Waals surface area (Å²) in [7, 11) is 5.13. The summed E-state index contributed by atoms with van der Waals surface area (Å²) in [6.45, 7) is 2.45. The lowest BCUT2D eigenvalue weighted by Crippen LogP contribution is -2.34. The topological polar surface area (TPSA) is 49.9 Å². The molecule has 0 radical (unpaired) electrons. The summed E-state index contributed by atoms with van der Waals surface area (Å²) in [6, 6.07) is 4.77. The number of carbonyl (C=O) groups excluding carboxylic acids is 2. The molecule has 1 aromatic heterocycles. The molecule has 1 amide bonds. The highest BCUT2D eigenvalue weighted by Crippen LogP contribution is 2.34. The second-order valence-electron chi connectivity index (χ2n) is 5.70. The number of esters is 1. The van der Waals surface area contributed by atoms with Crippen LogP contribution in [0.25, 0.3) is 10.1 Å². The minimum Gasteiger partial charge on any atom is -0.462 e. The summed E-state index contributed by atoms with van der Waals surface area (Å²) in [5.41, 5.74) is 0.570. The molecule has 0 bridgehead atoms. The molecule has 5 nitrogen and oxygen atoms in total. The van der Waals surface area contributed by atoms with Crippen molar-refractivity contribution in [2.24, 2.45) is 0 Å². The third kappa shape index (κ3) is 3.91. The number of benzene rings is 1. The van der Waals surface area contributed by atoms with Crippen LogP contribution >= 0.6 is 11.3 Å². The van der Waals surface area contributed by atoms with E-state index in [1.165, 1.54) is 22.3 Å². The zero-order chi connectivity index (χ0) is 17.9. The van der Waals surface area contributed by atoms with E-state index in [2.05, 4.69) is 0 Å². The van der Waals surface area contributed by atoms with Gasteiger partial charge in [-0.3, -0.25) is 9.69 Å². The van der Waals surface area contributed by atoms with Crippen LogP contribution in [-0.2, 0) is 16.1 Å². The summed E-state index contributed by atoms with van der Waals surface area (Å²) in [4.78, 5) is 27.7. The van der Waals surface area contributed by atoms with Crippen molar-refractivity contribution in [1.82, 2.24) is 9.80 Å². The molecule has 2 aromatic rings. The molecule has 0 fully saturated rings. The zero-order valence-corrected chi connectivity index (χ0v) is 15.1. The highest BCUT2D eigenvalue weighted by atomic mass is 32.1. The lowest BCUT2D eigenvalue weighted by molar-refractivity contribution is -0.129. The van der Waals surface area contributed by atoms with E-state index < -0.39 is 5.97 Å². The fourth-order valence-corrected chi connectivity index (χ4v) is 3.50. The average molecular weight is 352 g/mol. The molecule has 1 aromatic carbocycles. The molecule has 0 aliphatic carbocycles. The van der Waals surface area contributed by atoms with Crippen molar-refractivity contribution >= 4 is 33.3 Å². The van der Waals surface area contributed by atoms with Crippen LogP contribution in [0.3, 0.4) is 0 Å². The van der Waals surface area contributed by atoms with Gasteiger partial charge >= 0.3 is 5.97 Å². The quantitative estimate of drug-likeness (QED) is 0.750. The van der Waals surface area contributed by atoms with Crippen molar-refractivity contribution in [3.63, 3.8) is 0 Å². The molecule has 0 unspecified atom stereocenters. The summed E-state index contributed by atoms with van der Waals surface area (Å²) in [6.07, 6.45) is 0. The Balaban J connectivity index is 2.40. The van der Waals surface area contributed by atoms with Crippen molar-refractivity contribution in [1.29, 1.82) is 0 Å². The second-order valence-corrected chi connectivity index (χ2v) is 6.76. The average Bonchev–Trinajstić information content (AvgIpc) is 2.87. The molecule has 7 heteroatoms. The standard InChI is InChI=1S/C17H21FN2O3S/c1-5-23-17(22)16-11(9-20(4)10-14(21)19(2)3)15-12(18)7-6-8-13(15)24-16/h6-8H,5,9-10H2,1-4H3. The number of rotatable bonds is 6. The maximum Gasteiger partial charge on any atom is 0.348 e. The van der Waals surface area contributed by atoms with Gasteiger partial charge in [0.25, 0.3) is 0 Å². The number of likely N-dealkylation sites (N-methyl/N-ethyl adjacent to an activating group) is 2. The Hall–Kier alpha value is -1.99. The molecule has 0 saturated heterocycles. The third-order valence-corrected chi connectivity index (χ3v) is 4.73. The number of hydrogen-bond acceptors (Lipinski definition) is 5. The summed E-state index contributed by atoms with van der Waals surface area (Å²) >= 11 is 1.22. The Kier molecular flexibility index (Phi) is 5.90. The van der Waals surface area contributed by atoms with Crippen molar-refractivity contribution in [2.75, 3.05) is 34.3 Å². The molecule has 130 valence electrons. The lowest BCUT2D eigenvalue weighted by Gasteiger charge is -2.19. The number of thiophene rings is 1. The number of halogens is 1. The molecule has 0 N–H and O–H groups in total. The highest BCUT2D eigenvalue weighted by molar-refractivity contribution is 7.21. The Morgan fingerprint density at radius 2 is 1.96 bits per heavy atom. The van der Waals surface area contributed by atoms with Gasteiger partial charge in [0.2, 0.25) is 5.91 Å². The molecular weight excluding hydrogens is 331 g/mol. The van der Waals surface area contributed by atoms with Crippen LogP contribution in [0.2, 0.25) is 0 Å². The molecule has 0 aliphatic heterocycles. The first kappa shape index (κ1) is 18.4. The van der Waals surface area contributed by atoms with E-state index in [1.54, 1.807) is 45.1 Å². The number of nitrogens with zero attached hydrogens (tertiary/aromatic N) is 2. The molecule has 1 heterocycles. The monoisotopic (exact) mass is 352 g/mol. The van der Waals surface area contributed by atoms with Gasteiger partial charge in [-0.25, -0.2) is 9.18 Å². The van der Waals surface area contributed by atoms with Crippen LogP contribution in [0.4, 0.5) is 4.39 Å². The predicted octanol–water partition coefficient (Wildman–Crippen LogP) is 2.74. The van der Waals surface area contributed by atoms with Gasteiger partial charge in [-0.15, -0.1) is 11.3 Å². The summed E-state index contributed by atoms with van der Waals surface area (Å²) < 4.78 is 20.1. The van der Waals surface area contributed by atoms with Gasteiger partial charge in [-0.2, -0.15) is 0 Å². The smallest absolute Gasteiger partial charge is 0.348 e. The van der Waals surface area contributed by atoms with Crippen LogP contribution < -0.4 is 0 Å². The second kappa shape index (κ2) is 7.72. The van der Waals surface area contributed by atoms with Crippen molar-refractivity contribution < 1.29 is 18.7 Å². The molecule has 0 saturated carbocycles. The Labute approximate surface area is 144 Å². The van der Waals surface area contributed by atoms with Crippen LogP contribution in [0.5, 0.6) is 0 Å². The normalized spacial score (nSPS) is 11.1. The zero-order valence-electron chi connectivity index (χ0n) is 14.3. The van der Waals surface area contributed by atoms with Gasteiger partial charge in [-0.1, -0.05) is 6.07 Å². The number of hydrogen-bond donors (Lipinski definition) is 0. The fraction of sp³-hybridized carbons (Fsp3) is 0.412. The number of ether oxygens (including phenoxy) is 1. The first-order chi connectivity index (χ1) is 11.3. The van der Waals surface area contributed by atoms with Gasteiger partial charge in [0.15, 0.2) is 0 Å². The van der Waals surface area contributed by atoms with E-state index in [-0.39, 0.29) is 31.4 Å². The molecule has 2 rings (SSSR count). The van der Waals surface area contributed by atoms with Crippen molar-refractivity contribution in [3.05, 3.63) is 34.5 Å². The van der Waals surface area contributed by atoms with Crippen LogP contribution in [0.15, 0.2) is 18.2 Å². The minimum absolute atomic E-state index is 0.0600. The van der Waals surface area contributed by atoms with E-state index in [1.807, 2.05) is 0 Å². The van der Waals surface area contributed by atoms with Gasteiger partial charge < -0.3 is 9.64 Å². The fourth-order valence-electron chi connectivity index (χ4n) is 2.38. The summed E-state index contributed by atoms with van der Waals surface area (Å²) in [5, 5.41) is 0.426. The maximum absolute atomic E-state index is 14.3. The number of amides is 1. The van der Waals surface area contributed by atoms with Crippen molar-refractivity contribution in [2.45, 2.75) is 13.5 Å². The Morgan fingerprint density at radius 3 is 2.58 bits per heavy atom. The van der Waals surface area contributed by atoms with E-state index in [0.29, 0.717) is 20.5 Å². The van der Waals surface area contributed by atoms with Gasteiger partial charge in [-0.05, 0) is 26.1 Å². The largest absolute Gasteiger partial charge is 0.462 e. The third-order valence-electron chi connectivity index (χ3n) is 3.56. The first-order valence-corrected chi connectivity index (χ1v) is 8.42. The maximum atomic E-state index is 14.3. The van der Waals surface area contributed by atoms with E-state index in [4.69, 9.17) is 4.74 Å². The Morgan fingerprint density at radius 1 is 1.25 bits per heavy atom. The lowest BCUT2D eigenvalue weighted by atomic mass is 10.1. The molecule has 0 aliphatic rings. The molecular formula is C17H21FN2O3S. The Bertz CT molecular complexity index is 758. The van der Waals surface area contributed by atoms with E-state index in [0.717, 1.165) is 0 Å². The number of carbonyl (C=O) groups is 2. The van der Waals surface area contributed by atoms with E-state index in [9.17, 15) is 14.0 Å². The van der Waals surface area contributed by atoms with Gasteiger partial charge in [0.05, 0.1) is 13.2 Å². The summed E-state index contributed by atoms with van der Waals surface area (Å²) in [5.74, 6) is -0.891. The first-order valence-electron chi connectivity index (χ1n) is 7.60. The van der Waals surface area contributed by atoms with Gasteiger partial charge in [0, 0.05) is 36.3 Å². The minimum atomic E-state index is -0.458. The number of fused-ring (bicyclic) bond motifs is 1. The van der Waals surface area contributed by atoms with Crippen LogP contribution in [-0.4, -0.2) is 56.0 Å². The van der Waals surface area contributed by atoms with Crippen molar-refractivity contribution in [3.8, 4) is 0 Å². The van der Waals surface area contributed by atoms with Gasteiger partial charge in [0.1, 0.15) is 10.7 Å². The molecule has 24 heavy (non-hydrogen) atoms. The van der Waals surface area contributed by atoms with Crippen LogP contribution in [0, 0.1) is 5.82 Å². The molecule has 0 atom stereocenters. The molecule has 0 spiro atoms. The van der Waals surface area contributed by atoms with E-state index >= 15 is 0 Å². The highest BCUT2D eigenvalue weighted by Gasteiger charge is 2.23. The van der Waals surface area contributed by atoms with Crippen LogP contribution in [0.1, 0.15) is 22.2 Å².